The van der Waals surface area contributed by atoms with Crippen LogP contribution in [0.5, 0.6) is 0 Å². The second-order valence-electron chi connectivity index (χ2n) is 4.64. The molecule has 0 aromatic carbocycles. The van der Waals surface area contributed by atoms with Gasteiger partial charge in [0.05, 0.1) is 13.0 Å². The van der Waals surface area contributed by atoms with E-state index in [1.807, 2.05) is 0 Å². The van der Waals surface area contributed by atoms with Gasteiger partial charge in [-0.25, -0.2) is 9.59 Å². The third-order valence-corrected chi connectivity index (χ3v) is 3.45. The van der Waals surface area contributed by atoms with Crippen LogP contribution in [0.2, 0.25) is 0 Å². The van der Waals surface area contributed by atoms with Crippen LogP contribution in [-0.4, -0.2) is 61.5 Å². The molecule has 17 heteroatoms. The molecule has 0 fully saturated rings. The third kappa shape index (κ3) is 6.86. The van der Waals surface area contributed by atoms with E-state index in [0.29, 0.717) is 0 Å². The van der Waals surface area contributed by atoms with Gasteiger partial charge >= 0.3 is 45.5 Å². The maximum atomic E-state index is 13.2. The lowest BCUT2D eigenvalue weighted by atomic mass is 10.2. The van der Waals surface area contributed by atoms with Gasteiger partial charge in [-0.05, 0) is 0 Å². The van der Waals surface area contributed by atoms with Gasteiger partial charge in [0.2, 0.25) is 0 Å². The molecule has 0 aromatic heterocycles. The summed E-state index contributed by atoms with van der Waals surface area (Å²) >= 11 is 0. The summed E-state index contributed by atoms with van der Waals surface area (Å²) < 4.78 is 142. The van der Waals surface area contributed by atoms with Crippen LogP contribution in [0.4, 0.5) is 35.1 Å². The normalized spacial score (nSPS) is 15.5. The molecule has 1 atom stereocenters. The molecule has 0 aliphatic rings. The number of hydrogen-bond donors (Lipinski definition) is 1. The maximum absolute atomic E-state index is 13.2. The Morgan fingerprint density at radius 3 is 1.89 bits per heavy atom. The Hall–Kier alpha value is -2.01. The fraction of sp³-hybridized carbons (Fsp3) is 0.636. The van der Waals surface area contributed by atoms with Crippen LogP contribution >= 0.6 is 0 Å². The van der Waals surface area contributed by atoms with E-state index in [-0.39, 0.29) is 6.08 Å². The Morgan fingerprint density at radius 2 is 1.54 bits per heavy atom. The number of carbonyl (C=O) groups is 2. The highest BCUT2D eigenvalue weighted by molar-refractivity contribution is 7.86. The minimum Gasteiger partial charge on any atom is -0.451 e. The van der Waals surface area contributed by atoms with E-state index in [1.54, 1.807) is 0 Å². The Balaban J connectivity index is 5.83. The van der Waals surface area contributed by atoms with Crippen LogP contribution in [0.25, 0.3) is 0 Å². The molecule has 164 valence electrons. The lowest BCUT2D eigenvalue weighted by Crippen LogP contribution is -2.58. The largest absolute Gasteiger partial charge is 0.468 e. The molecule has 0 bridgehead atoms. The number of carbonyl (C=O) groups excluding carboxylic acids is 2. The Bertz CT molecular complexity index is 698. The molecule has 1 unspecified atom stereocenters. The average Bonchev–Trinajstić information content (AvgIpc) is 2.48. The SMILES string of the molecule is C=CC(=O)OC(OCCC(F)(F)S(=O)(=O)O)(C(=O)OCC(F)(F)F)C(F)(F)F. The van der Waals surface area contributed by atoms with Crippen molar-refractivity contribution >= 4 is 22.1 Å². The predicted molar refractivity (Wildman–Crippen MR) is 69.2 cm³/mol. The molecule has 0 amide bonds. The maximum Gasteiger partial charge on any atom is 0.468 e. The summed E-state index contributed by atoms with van der Waals surface area (Å²) in [5.41, 5.74) is 0. The molecule has 0 heterocycles. The lowest BCUT2D eigenvalue weighted by Gasteiger charge is -2.32. The summed E-state index contributed by atoms with van der Waals surface area (Å²) in [6.07, 6.45) is -13.7. The standard InChI is InChI=1S/C11H10F8O8S/c1-2-6(20)27-10(11(17,18)19,7(21)25-5-8(12,13)14)26-4-3-9(15,16)28(22,23)24/h2H,1,3-5H2,(H,22,23,24). The van der Waals surface area contributed by atoms with Crippen molar-refractivity contribution in [2.45, 2.75) is 29.8 Å². The van der Waals surface area contributed by atoms with Gasteiger partial charge in [-0.1, -0.05) is 6.58 Å². The zero-order valence-electron chi connectivity index (χ0n) is 13.1. The minimum atomic E-state index is -6.16. The molecule has 0 aromatic rings. The van der Waals surface area contributed by atoms with Crippen molar-refractivity contribution in [3.05, 3.63) is 12.7 Å². The van der Waals surface area contributed by atoms with Crippen molar-refractivity contribution in [3.8, 4) is 0 Å². The molecular weight excluding hydrogens is 444 g/mol. The van der Waals surface area contributed by atoms with Crippen LogP contribution in [-0.2, 0) is 33.9 Å². The summed E-state index contributed by atoms with van der Waals surface area (Å²) in [5, 5.41) is -5.07. The molecule has 0 radical (unpaired) electrons. The van der Waals surface area contributed by atoms with E-state index >= 15 is 0 Å². The molecule has 0 spiro atoms. The number of ether oxygens (including phenoxy) is 3. The molecule has 1 N–H and O–H groups in total. The minimum absolute atomic E-state index is 0.0215. The van der Waals surface area contributed by atoms with Gasteiger partial charge in [0.1, 0.15) is 0 Å². The number of rotatable bonds is 9. The molecular formula is C11H10F8O8S. The van der Waals surface area contributed by atoms with E-state index in [4.69, 9.17) is 4.55 Å². The van der Waals surface area contributed by atoms with Gasteiger partial charge in [0, 0.05) is 6.08 Å². The summed E-state index contributed by atoms with van der Waals surface area (Å²) in [5.74, 6) is -10.0. The number of hydrogen-bond acceptors (Lipinski definition) is 7. The van der Waals surface area contributed by atoms with E-state index in [1.165, 1.54) is 0 Å². The molecule has 0 saturated heterocycles. The monoisotopic (exact) mass is 454 g/mol. The highest BCUT2D eigenvalue weighted by Gasteiger charge is 2.68. The van der Waals surface area contributed by atoms with Crippen LogP contribution in [0.1, 0.15) is 6.42 Å². The van der Waals surface area contributed by atoms with E-state index < -0.39 is 65.1 Å². The van der Waals surface area contributed by atoms with Crippen LogP contribution in [0, 0.1) is 0 Å². The van der Waals surface area contributed by atoms with Crippen molar-refractivity contribution in [1.29, 1.82) is 0 Å². The summed E-state index contributed by atoms with van der Waals surface area (Å²) in [7, 11) is -6.12. The second-order valence-corrected chi connectivity index (χ2v) is 6.19. The quantitative estimate of drug-likeness (QED) is 0.185. The predicted octanol–water partition coefficient (Wildman–Crippen LogP) is 1.97. The Kier molecular flexibility index (Phi) is 7.95. The fourth-order valence-corrected chi connectivity index (χ4v) is 1.60. The van der Waals surface area contributed by atoms with Crippen LogP contribution in [0.15, 0.2) is 12.7 Å². The number of alkyl halides is 8. The van der Waals surface area contributed by atoms with Gasteiger partial charge in [0.25, 0.3) is 0 Å². The van der Waals surface area contributed by atoms with Crippen LogP contribution in [0.3, 0.4) is 0 Å². The zero-order valence-corrected chi connectivity index (χ0v) is 14.0. The van der Waals surface area contributed by atoms with Crippen molar-refractivity contribution < 1.29 is 71.9 Å². The average molecular weight is 454 g/mol. The Labute approximate surface area is 150 Å². The Morgan fingerprint density at radius 1 is 1.04 bits per heavy atom. The van der Waals surface area contributed by atoms with Gasteiger partial charge in [-0.3, -0.25) is 4.55 Å². The van der Waals surface area contributed by atoms with Crippen LogP contribution < -0.4 is 0 Å². The molecule has 0 rings (SSSR count). The third-order valence-electron chi connectivity index (χ3n) is 2.50. The van der Waals surface area contributed by atoms with E-state index in [0.717, 1.165) is 0 Å². The van der Waals surface area contributed by atoms with Crippen molar-refractivity contribution in [1.82, 2.24) is 0 Å². The molecule has 8 nitrogen and oxygen atoms in total. The van der Waals surface area contributed by atoms with Crippen molar-refractivity contribution in [3.63, 3.8) is 0 Å². The molecule has 0 saturated carbocycles. The summed E-state index contributed by atoms with van der Waals surface area (Å²) in [6, 6.07) is 0. The van der Waals surface area contributed by atoms with Gasteiger partial charge in [0.15, 0.2) is 6.61 Å². The first kappa shape index (κ1) is 26.0. The van der Waals surface area contributed by atoms with Crippen molar-refractivity contribution in [2.75, 3.05) is 13.2 Å². The number of esters is 2. The van der Waals surface area contributed by atoms with Gasteiger partial charge in [-0.2, -0.15) is 43.5 Å². The summed E-state index contributed by atoms with van der Waals surface area (Å²) in [6.45, 7) is -1.98. The zero-order chi connectivity index (χ0) is 22.6. The highest BCUT2D eigenvalue weighted by atomic mass is 32.2. The number of halogens is 8. The fourth-order valence-electron chi connectivity index (χ4n) is 1.25. The van der Waals surface area contributed by atoms with Crippen molar-refractivity contribution in [2.24, 2.45) is 0 Å². The van der Waals surface area contributed by atoms with Gasteiger partial charge < -0.3 is 14.2 Å². The summed E-state index contributed by atoms with van der Waals surface area (Å²) in [4.78, 5) is 22.6. The smallest absolute Gasteiger partial charge is 0.451 e. The first-order chi connectivity index (χ1) is 12.3. The van der Waals surface area contributed by atoms with Gasteiger partial charge in [-0.15, -0.1) is 0 Å². The molecule has 0 aliphatic heterocycles. The first-order valence-electron chi connectivity index (χ1n) is 6.44. The highest BCUT2D eigenvalue weighted by Crippen LogP contribution is 2.38. The van der Waals surface area contributed by atoms with E-state index in [2.05, 4.69) is 20.8 Å². The topological polar surface area (TPSA) is 116 Å². The van der Waals surface area contributed by atoms with E-state index in [9.17, 15) is 53.1 Å². The molecule has 28 heavy (non-hydrogen) atoms. The second kappa shape index (κ2) is 8.56. The molecule has 0 aliphatic carbocycles. The first-order valence-corrected chi connectivity index (χ1v) is 7.88. The lowest BCUT2D eigenvalue weighted by molar-refractivity contribution is -0.357.